The second-order valence-corrected chi connectivity index (χ2v) is 7.54. The van der Waals surface area contributed by atoms with Crippen molar-refractivity contribution in [2.24, 2.45) is 5.92 Å². The summed E-state index contributed by atoms with van der Waals surface area (Å²) in [5, 5.41) is 2.10. The van der Waals surface area contributed by atoms with Gasteiger partial charge < -0.3 is 4.90 Å². The van der Waals surface area contributed by atoms with Gasteiger partial charge in [0.05, 0.1) is 4.88 Å². The number of Topliss-reactive ketones (excluding diaryl/α,β-unsaturated/α-hetero) is 1. The number of ketones is 1. The van der Waals surface area contributed by atoms with Gasteiger partial charge in [0.2, 0.25) is 0 Å². The zero-order valence-electron chi connectivity index (χ0n) is 12.9. The van der Waals surface area contributed by atoms with Crippen molar-refractivity contribution in [1.29, 1.82) is 0 Å². The Labute approximate surface area is 135 Å². The minimum absolute atomic E-state index is 0.299. The fourth-order valence-electron chi connectivity index (χ4n) is 4.08. The second kappa shape index (κ2) is 5.64. The van der Waals surface area contributed by atoms with Gasteiger partial charge in [-0.1, -0.05) is 24.3 Å². The van der Waals surface area contributed by atoms with Crippen molar-refractivity contribution in [1.82, 2.24) is 4.90 Å². The number of hydrogen-bond donors (Lipinski definition) is 0. The summed E-state index contributed by atoms with van der Waals surface area (Å²) in [7, 11) is 2.21. The van der Waals surface area contributed by atoms with Crippen LogP contribution in [0, 0.1) is 5.92 Å². The molecule has 1 fully saturated rings. The van der Waals surface area contributed by atoms with Crippen molar-refractivity contribution < 1.29 is 4.79 Å². The molecule has 0 spiro atoms. The van der Waals surface area contributed by atoms with Crippen molar-refractivity contribution in [3.63, 3.8) is 0 Å². The highest BCUT2D eigenvalue weighted by atomic mass is 32.1. The van der Waals surface area contributed by atoms with E-state index < -0.39 is 0 Å². The number of fused-ring (bicyclic) bond motifs is 2. The van der Waals surface area contributed by atoms with Crippen LogP contribution in [0.5, 0.6) is 0 Å². The van der Waals surface area contributed by atoms with E-state index in [2.05, 4.69) is 47.7 Å². The minimum atomic E-state index is 0.299. The maximum atomic E-state index is 12.6. The zero-order chi connectivity index (χ0) is 15.1. The van der Waals surface area contributed by atoms with Crippen LogP contribution in [0.3, 0.4) is 0 Å². The number of piperidine rings is 1. The van der Waals surface area contributed by atoms with Gasteiger partial charge in [0.1, 0.15) is 0 Å². The van der Waals surface area contributed by atoms with Gasteiger partial charge in [-0.3, -0.25) is 4.79 Å². The fourth-order valence-corrected chi connectivity index (χ4v) is 4.97. The Balaban J connectivity index is 1.83. The third-order valence-electron chi connectivity index (χ3n) is 5.26. The molecule has 0 saturated carbocycles. The normalized spacial score (nSPS) is 23.0. The van der Waals surface area contributed by atoms with E-state index in [1.165, 1.54) is 29.5 Å². The maximum Gasteiger partial charge on any atom is 0.177 e. The van der Waals surface area contributed by atoms with Crippen molar-refractivity contribution in [2.75, 3.05) is 20.1 Å². The van der Waals surface area contributed by atoms with Gasteiger partial charge in [0.15, 0.2) is 5.78 Å². The van der Waals surface area contributed by atoms with E-state index in [-0.39, 0.29) is 0 Å². The monoisotopic (exact) mass is 311 g/mol. The van der Waals surface area contributed by atoms with Gasteiger partial charge in [-0.15, -0.1) is 11.3 Å². The second-order valence-electron chi connectivity index (χ2n) is 6.62. The Bertz CT molecular complexity index is 697. The van der Waals surface area contributed by atoms with Crippen molar-refractivity contribution in [3.8, 4) is 0 Å². The number of likely N-dealkylation sites (tertiary alicyclic amines) is 1. The SMILES string of the molecule is CN1CCC(C2c3ccccc3CC(=O)c3sccc32)CC1. The summed E-state index contributed by atoms with van der Waals surface area (Å²) in [4.78, 5) is 16.0. The first-order chi connectivity index (χ1) is 10.7. The third kappa shape index (κ3) is 2.33. The first kappa shape index (κ1) is 14.2. The van der Waals surface area contributed by atoms with Crippen LogP contribution in [0.15, 0.2) is 35.7 Å². The predicted octanol–water partition coefficient (Wildman–Crippen LogP) is 3.96. The molecule has 1 unspecified atom stereocenters. The Morgan fingerprint density at radius 3 is 2.68 bits per heavy atom. The topological polar surface area (TPSA) is 20.3 Å². The van der Waals surface area contributed by atoms with Crippen LogP contribution in [0.25, 0.3) is 0 Å². The molecule has 114 valence electrons. The molecule has 2 nitrogen and oxygen atoms in total. The molecule has 0 amide bonds. The fraction of sp³-hybridized carbons (Fsp3) is 0.421. The highest BCUT2D eigenvalue weighted by Crippen LogP contribution is 2.44. The maximum absolute atomic E-state index is 12.6. The number of rotatable bonds is 1. The number of carbonyl (C=O) groups is 1. The van der Waals surface area contributed by atoms with E-state index in [1.54, 1.807) is 11.3 Å². The van der Waals surface area contributed by atoms with Crippen LogP contribution >= 0.6 is 11.3 Å². The highest BCUT2D eigenvalue weighted by molar-refractivity contribution is 7.12. The lowest BCUT2D eigenvalue weighted by molar-refractivity contribution is 0.0997. The van der Waals surface area contributed by atoms with Crippen LogP contribution in [0.1, 0.15) is 45.1 Å². The summed E-state index contributed by atoms with van der Waals surface area (Å²) in [5.74, 6) is 1.35. The Morgan fingerprint density at radius 2 is 1.86 bits per heavy atom. The van der Waals surface area contributed by atoms with E-state index >= 15 is 0 Å². The Hall–Kier alpha value is -1.45. The van der Waals surface area contributed by atoms with E-state index in [0.717, 1.165) is 18.0 Å². The van der Waals surface area contributed by atoms with Crippen LogP contribution in [0.4, 0.5) is 0 Å². The summed E-state index contributed by atoms with van der Waals surface area (Å²) < 4.78 is 0. The average Bonchev–Trinajstić information content (AvgIpc) is 2.96. The standard InChI is InChI=1S/C19H21NOS/c1-20-9-6-13(7-10-20)18-15-5-3-2-4-14(15)12-17(21)19-16(18)8-11-22-19/h2-5,8,11,13,18H,6-7,9-10,12H2,1H3. The van der Waals surface area contributed by atoms with Crippen molar-refractivity contribution in [3.05, 3.63) is 57.3 Å². The van der Waals surface area contributed by atoms with E-state index in [0.29, 0.717) is 24.0 Å². The van der Waals surface area contributed by atoms with Crippen molar-refractivity contribution in [2.45, 2.75) is 25.2 Å². The first-order valence-electron chi connectivity index (χ1n) is 8.11. The average molecular weight is 311 g/mol. The molecule has 1 aliphatic heterocycles. The molecular weight excluding hydrogens is 290 g/mol. The largest absolute Gasteiger partial charge is 0.306 e. The van der Waals surface area contributed by atoms with Gasteiger partial charge in [-0.25, -0.2) is 0 Å². The van der Waals surface area contributed by atoms with E-state index in [1.807, 2.05) is 0 Å². The lowest BCUT2D eigenvalue weighted by atomic mass is 9.76. The molecule has 0 radical (unpaired) electrons. The van der Waals surface area contributed by atoms with Crippen LogP contribution in [-0.4, -0.2) is 30.8 Å². The lowest BCUT2D eigenvalue weighted by Gasteiger charge is -2.35. The Kier molecular flexibility index (Phi) is 3.63. The van der Waals surface area contributed by atoms with Gasteiger partial charge in [-0.05, 0) is 67.0 Å². The molecule has 1 saturated heterocycles. The molecule has 3 heteroatoms. The molecule has 2 heterocycles. The molecule has 1 aromatic heterocycles. The lowest BCUT2D eigenvalue weighted by Crippen LogP contribution is -2.33. The predicted molar refractivity (Wildman–Crippen MR) is 90.9 cm³/mol. The summed E-state index contributed by atoms with van der Waals surface area (Å²) in [6.07, 6.45) is 3.00. The molecule has 0 bridgehead atoms. The summed E-state index contributed by atoms with van der Waals surface area (Å²) in [6, 6.07) is 10.8. The smallest absolute Gasteiger partial charge is 0.177 e. The third-order valence-corrected chi connectivity index (χ3v) is 6.23. The number of nitrogens with zero attached hydrogens (tertiary/aromatic N) is 1. The van der Waals surface area contributed by atoms with Gasteiger partial charge in [0.25, 0.3) is 0 Å². The number of carbonyl (C=O) groups excluding carboxylic acids is 1. The molecule has 4 rings (SSSR count). The number of benzene rings is 1. The minimum Gasteiger partial charge on any atom is -0.306 e. The molecule has 0 N–H and O–H groups in total. The van der Waals surface area contributed by atoms with Gasteiger partial charge in [0, 0.05) is 12.3 Å². The van der Waals surface area contributed by atoms with Gasteiger partial charge in [-0.2, -0.15) is 0 Å². The Morgan fingerprint density at radius 1 is 1.09 bits per heavy atom. The summed E-state index contributed by atoms with van der Waals surface area (Å²) >= 11 is 1.63. The number of thiophene rings is 1. The van der Waals surface area contributed by atoms with Crippen LogP contribution < -0.4 is 0 Å². The van der Waals surface area contributed by atoms with Crippen LogP contribution in [0.2, 0.25) is 0 Å². The van der Waals surface area contributed by atoms with Gasteiger partial charge >= 0.3 is 0 Å². The first-order valence-corrected chi connectivity index (χ1v) is 8.99. The molecule has 2 aromatic rings. The molecule has 1 aliphatic carbocycles. The van der Waals surface area contributed by atoms with Crippen LogP contribution in [-0.2, 0) is 6.42 Å². The molecule has 22 heavy (non-hydrogen) atoms. The zero-order valence-corrected chi connectivity index (χ0v) is 13.7. The molecule has 1 atom stereocenters. The number of hydrogen-bond acceptors (Lipinski definition) is 3. The molecular formula is C19H21NOS. The molecule has 2 aliphatic rings. The quantitative estimate of drug-likeness (QED) is 0.794. The highest BCUT2D eigenvalue weighted by Gasteiger charge is 2.34. The summed E-state index contributed by atoms with van der Waals surface area (Å²) in [5.41, 5.74) is 3.91. The van der Waals surface area contributed by atoms with E-state index in [4.69, 9.17) is 0 Å². The molecule has 1 aromatic carbocycles. The van der Waals surface area contributed by atoms with Crippen molar-refractivity contribution >= 4 is 17.1 Å². The van der Waals surface area contributed by atoms with E-state index in [9.17, 15) is 4.79 Å². The summed E-state index contributed by atoms with van der Waals surface area (Å²) in [6.45, 7) is 2.33.